The third-order valence-corrected chi connectivity index (χ3v) is 8.87. The fraction of sp³-hybridized carbons (Fsp3) is 0.647. The molecule has 9 heteroatoms. The van der Waals surface area contributed by atoms with Gasteiger partial charge in [0.25, 0.3) is 0 Å². The summed E-state index contributed by atoms with van der Waals surface area (Å²) in [5.74, 6) is 0. The molecular weight excluding hydrogens is 567 g/mol. The normalized spacial score (nSPS) is 10.6. The zero-order valence-electron chi connectivity index (χ0n) is 27.7. The molecule has 0 fully saturated rings. The second-order valence-corrected chi connectivity index (χ2v) is 12.8. The van der Waals surface area contributed by atoms with Crippen LogP contribution in [0.5, 0.6) is 0 Å². The number of unbranched alkanes of at least 4 members (excludes halogenated alkanes) is 8. The van der Waals surface area contributed by atoms with E-state index in [1.807, 2.05) is 0 Å². The molecule has 243 valence electrons. The summed E-state index contributed by atoms with van der Waals surface area (Å²) < 4.78 is 0. The lowest BCUT2D eigenvalue weighted by Crippen LogP contribution is -2.84. The van der Waals surface area contributed by atoms with Crippen molar-refractivity contribution in [3.63, 3.8) is 0 Å². The maximum Gasteiger partial charge on any atom is 0.129 e. The van der Waals surface area contributed by atoms with E-state index in [-0.39, 0.29) is 8.41 Å². The molecule has 0 saturated carbocycles. The average molecular weight is 634 g/mol. The van der Waals surface area contributed by atoms with Crippen molar-refractivity contribution in [2.24, 2.45) is 5.73 Å². The third kappa shape index (κ3) is 25.8. The van der Waals surface area contributed by atoms with E-state index < -0.39 is 0 Å². The molecule has 6 nitrogen and oxygen atoms in total. The molecule has 0 aromatic heterocycles. The number of rotatable bonds is 26. The zero-order chi connectivity index (χ0) is 30.4. The molecule has 2 aromatic carbocycles. The van der Waals surface area contributed by atoms with Crippen LogP contribution in [0.4, 0.5) is 11.4 Å². The summed E-state index contributed by atoms with van der Waals surface area (Å²) >= 11 is 3.59. The summed E-state index contributed by atoms with van der Waals surface area (Å²) in [5.41, 5.74) is 12.0. The quantitative estimate of drug-likeness (QED) is 0.0414. The Bertz CT molecular complexity index is 757. The van der Waals surface area contributed by atoms with Gasteiger partial charge in [-0.1, -0.05) is 6.42 Å². The second-order valence-electron chi connectivity index (χ2n) is 11.0. The number of hydrogen-bond donors (Lipinski definition) is 6. The number of benzene rings is 2. The topological polar surface area (TPSA) is 116 Å². The Morgan fingerprint density at radius 3 is 1.58 bits per heavy atom. The van der Waals surface area contributed by atoms with Crippen molar-refractivity contribution in [3.05, 3.63) is 48.5 Å². The van der Waals surface area contributed by atoms with Crippen LogP contribution < -0.4 is 32.7 Å². The second kappa shape index (κ2) is 32.2. The Hall–Kier alpha value is -1.20. The molecule has 2 aromatic rings. The van der Waals surface area contributed by atoms with Crippen molar-refractivity contribution >= 4 is 43.3 Å². The lowest BCUT2D eigenvalue weighted by molar-refractivity contribution is -0.655. The van der Waals surface area contributed by atoms with Gasteiger partial charge in [-0.15, -0.1) is 23.5 Å². The number of hydrogen-bond acceptors (Lipinski definition) is 4. The molecule has 0 amide bonds. The molecule has 12 N–H and O–H groups in total. The molecule has 0 saturated heterocycles. The van der Waals surface area contributed by atoms with E-state index in [9.17, 15) is 0 Å². The maximum absolute atomic E-state index is 5.48. The fourth-order valence-electron chi connectivity index (χ4n) is 4.69. The van der Waals surface area contributed by atoms with Crippen molar-refractivity contribution in [2.75, 3.05) is 70.2 Å². The molecule has 0 spiro atoms. The molecular formula is C34H66BN6S2+4. The minimum atomic E-state index is 0. The number of nitrogens with two attached hydrogens (primary N) is 4. The Labute approximate surface area is 275 Å². The van der Waals surface area contributed by atoms with Crippen LogP contribution in [0.25, 0.3) is 0 Å². The Kier molecular flexibility index (Phi) is 31.3. The van der Waals surface area contributed by atoms with Gasteiger partial charge >= 0.3 is 0 Å². The van der Waals surface area contributed by atoms with E-state index in [1.54, 1.807) is 23.5 Å². The van der Waals surface area contributed by atoms with Crippen LogP contribution in [0, 0.1) is 0 Å². The summed E-state index contributed by atoms with van der Waals surface area (Å²) in [5, 5.41) is 10.8. The molecule has 0 unspecified atom stereocenters. The lowest BCUT2D eigenvalue weighted by Gasteiger charge is -2.07. The molecule has 0 aliphatic heterocycles. The molecule has 0 bridgehead atoms. The SMILES string of the molecule is CSc1ccc(NCCCCCC[NH2+]CCCC[NH3+])cc1.CSc1ccc([NH2+]CCCCCC[NH2+]CCCCN)cc1.[B]. The van der Waals surface area contributed by atoms with Crippen molar-refractivity contribution in [3.8, 4) is 0 Å². The van der Waals surface area contributed by atoms with Crippen LogP contribution in [0.2, 0.25) is 0 Å². The van der Waals surface area contributed by atoms with Gasteiger partial charge in [0.15, 0.2) is 0 Å². The Balaban J connectivity index is 0.000000802. The van der Waals surface area contributed by atoms with Crippen molar-refractivity contribution in [2.45, 2.75) is 86.8 Å². The van der Waals surface area contributed by atoms with E-state index in [2.05, 4.69) is 88.0 Å². The number of nitrogens with one attached hydrogen (secondary N) is 1. The molecule has 3 radical (unpaired) electrons. The summed E-state index contributed by atoms with van der Waals surface area (Å²) in [7, 11) is 0. The average Bonchev–Trinajstić information content (AvgIpc) is 3.03. The predicted octanol–water partition coefficient (Wildman–Crippen LogP) is 3.05. The van der Waals surface area contributed by atoms with Gasteiger partial charge in [-0.25, -0.2) is 0 Å². The van der Waals surface area contributed by atoms with Crippen molar-refractivity contribution in [1.29, 1.82) is 0 Å². The van der Waals surface area contributed by atoms with Gasteiger partial charge in [0.1, 0.15) is 5.69 Å². The fourth-order valence-corrected chi connectivity index (χ4v) is 5.51. The number of thioether (sulfide) groups is 2. The number of quaternary nitrogens is 4. The van der Waals surface area contributed by atoms with Crippen LogP contribution in [0.1, 0.15) is 77.0 Å². The first-order valence-electron chi connectivity index (χ1n) is 16.7. The zero-order valence-corrected chi connectivity index (χ0v) is 29.3. The Morgan fingerprint density at radius 2 is 1.07 bits per heavy atom. The van der Waals surface area contributed by atoms with Crippen LogP contribution >= 0.6 is 23.5 Å². The maximum atomic E-state index is 5.48. The standard InChI is InChI=1S/2C17H31N3S.B/c2*1-21-17-10-8-16(9-11-17)20-15-6-3-2-5-13-19-14-7-4-12-18;/h2*8-11,19-20H,2-7,12-15,18H2,1H3;/p+4. The third-order valence-electron chi connectivity index (χ3n) is 7.38. The first kappa shape index (κ1) is 41.8. The van der Waals surface area contributed by atoms with E-state index in [4.69, 9.17) is 5.73 Å². The van der Waals surface area contributed by atoms with Gasteiger partial charge in [0, 0.05) is 55.4 Å². The highest BCUT2D eigenvalue weighted by atomic mass is 32.2. The molecule has 0 heterocycles. The highest BCUT2D eigenvalue weighted by Gasteiger charge is 1.99. The van der Waals surface area contributed by atoms with E-state index in [0.29, 0.717) is 0 Å². The molecule has 0 atom stereocenters. The van der Waals surface area contributed by atoms with Crippen LogP contribution in [0.3, 0.4) is 0 Å². The highest BCUT2D eigenvalue weighted by Crippen LogP contribution is 2.17. The van der Waals surface area contributed by atoms with Crippen LogP contribution in [0.15, 0.2) is 58.3 Å². The summed E-state index contributed by atoms with van der Waals surface area (Å²) in [6, 6.07) is 17.6. The molecule has 0 aliphatic rings. The van der Waals surface area contributed by atoms with E-state index >= 15 is 0 Å². The summed E-state index contributed by atoms with van der Waals surface area (Å²) in [6.45, 7) is 9.32. The van der Waals surface area contributed by atoms with Gasteiger partial charge in [-0.2, -0.15) is 0 Å². The highest BCUT2D eigenvalue weighted by molar-refractivity contribution is 7.98. The predicted molar refractivity (Wildman–Crippen MR) is 193 cm³/mol. The van der Waals surface area contributed by atoms with E-state index in [0.717, 1.165) is 19.6 Å². The van der Waals surface area contributed by atoms with Crippen LogP contribution in [-0.4, -0.2) is 73.3 Å². The lowest BCUT2D eigenvalue weighted by atomic mass is 10.2. The smallest absolute Gasteiger partial charge is 0.129 e. The molecule has 2 rings (SSSR count). The van der Waals surface area contributed by atoms with Gasteiger partial charge in [-0.3, -0.25) is 0 Å². The minimum absolute atomic E-state index is 0. The van der Waals surface area contributed by atoms with Gasteiger partial charge in [0.05, 0.1) is 39.3 Å². The van der Waals surface area contributed by atoms with Gasteiger partial charge in [-0.05, 0) is 113 Å². The monoisotopic (exact) mass is 633 g/mol. The first-order valence-corrected chi connectivity index (χ1v) is 19.2. The van der Waals surface area contributed by atoms with E-state index in [1.165, 1.54) is 131 Å². The summed E-state index contributed by atoms with van der Waals surface area (Å²) in [6.07, 6.45) is 20.0. The summed E-state index contributed by atoms with van der Waals surface area (Å²) in [4.78, 5) is 2.67. The molecule has 0 aliphatic carbocycles. The van der Waals surface area contributed by atoms with Crippen molar-refractivity contribution < 1.29 is 21.7 Å². The van der Waals surface area contributed by atoms with Gasteiger partial charge in [0.2, 0.25) is 0 Å². The number of anilines is 1. The van der Waals surface area contributed by atoms with Crippen molar-refractivity contribution in [1.82, 2.24) is 0 Å². The Morgan fingerprint density at radius 1 is 0.605 bits per heavy atom. The van der Waals surface area contributed by atoms with Gasteiger partial charge < -0.3 is 32.7 Å². The largest absolute Gasteiger partial charge is 0.385 e. The minimum Gasteiger partial charge on any atom is -0.385 e. The first-order chi connectivity index (χ1) is 20.7. The van der Waals surface area contributed by atoms with Crippen LogP contribution in [-0.2, 0) is 0 Å². The molecule has 43 heavy (non-hydrogen) atoms.